The summed E-state index contributed by atoms with van der Waals surface area (Å²) in [6.07, 6.45) is 0.0438. The van der Waals surface area contributed by atoms with Crippen LogP contribution in [0.5, 0.6) is 11.5 Å². The average molecular weight is 552 g/mol. The molecule has 1 amide bonds. The SMILES string of the molecule is COc1cc(OCCCC(=O)O)ccc1CN(Cc1ccccc1)C(=O)OCC1c2ccccc2-c2ccccc21. The molecule has 0 heterocycles. The Bertz CT molecular complexity index is 1460. The monoisotopic (exact) mass is 551 g/mol. The van der Waals surface area contributed by atoms with Gasteiger partial charge >= 0.3 is 12.1 Å². The zero-order valence-electron chi connectivity index (χ0n) is 23.0. The lowest BCUT2D eigenvalue weighted by Gasteiger charge is -2.25. The highest BCUT2D eigenvalue weighted by atomic mass is 16.6. The topological polar surface area (TPSA) is 85.3 Å². The zero-order valence-corrected chi connectivity index (χ0v) is 23.0. The summed E-state index contributed by atoms with van der Waals surface area (Å²) >= 11 is 0. The largest absolute Gasteiger partial charge is 0.496 e. The Morgan fingerprint density at radius 1 is 0.829 bits per heavy atom. The van der Waals surface area contributed by atoms with Crippen LogP contribution in [0.4, 0.5) is 4.79 Å². The van der Waals surface area contributed by atoms with Crippen molar-refractivity contribution in [1.29, 1.82) is 0 Å². The van der Waals surface area contributed by atoms with E-state index in [1.54, 1.807) is 24.1 Å². The average Bonchev–Trinajstić information content (AvgIpc) is 3.32. The summed E-state index contributed by atoms with van der Waals surface area (Å²) in [6.45, 7) is 1.16. The minimum atomic E-state index is -0.853. The van der Waals surface area contributed by atoms with Crippen molar-refractivity contribution in [3.63, 3.8) is 0 Å². The maximum atomic E-state index is 13.6. The molecule has 0 bridgehead atoms. The van der Waals surface area contributed by atoms with E-state index in [-0.39, 0.29) is 32.1 Å². The van der Waals surface area contributed by atoms with Crippen molar-refractivity contribution in [2.24, 2.45) is 0 Å². The van der Waals surface area contributed by atoms with Crippen LogP contribution in [-0.2, 0) is 22.6 Å². The van der Waals surface area contributed by atoms with Crippen LogP contribution in [0.15, 0.2) is 97.1 Å². The van der Waals surface area contributed by atoms with E-state index in [1.807, 2.05) is 60.7 Å². The van der Waals surface area contributed by atoms with E-state index in [1.165, 1.54) is 11.1 Å². The molecule has 1 N–H and O–H groups in total. The van der Waals surface area contributed by atoms with Crippen molar-refractivity contribution in [2.45, 2.75) is 31.8 Å². The van der Waals surface area contributed by atoms with Crippen molar-refractivity contribution in [3.05, 3.63) is 119 Å². The number of carboxylic acid groups (broad SMARTS) is 1. The maximum Gasteiger partial charge on any atom is 0.410 e. The number of benzene rings is 4. The number of carbonyl (C=O) groups is 2. The highest BCUT2D eigenvalue weighted by Gasteiger charge is 2.30. The van der Waals surface area contributed by atoms with Crippen LogP contribution in [-0.4, -0.2) is 42.4 Å². The number of fused-ring (bicyclic) bond motifs is 3. The second-order valence-corrected chi connectivity index (χ2v) is 9.97. The summed E-state index contributed by atoms with van der Waals surface area (Å²) in [4.78, 5) is 26.0. The number of carbonyl (C=O) groups excluding carboxylic acids is 1. The molecule has 0 fully saturated rings. The quantitative estimate of drug-likeness (QED) is 0.193. The number of aliphatic carboxylic acids is 1. The molecule has 4 aromatic rings. The Kier molecular flexibility index (Phi) is 8.84. The van der Waals surface area contributed by atoms with Crippen LogP contribution < -0.4 is 9.47 Å². The number of amides is 1. The van der Waals surface area contributed by atoms with Gasteiger partial charge in [-0.1, -0.05) is 78.9 Å². The van der Waals surface area contributed by atoms with Gasteiger partial charge in [-0.3, -0.25) is 9.69 Å². The molecule has 5 rings (SSSR count). The van der Waals surface area contributed by atoms with Gasteiger partial charge in [0, 0.05) is 30.5 Å². The highest BCUT2D eigenvalue weighted by molar-refractivity contribution is 5.79. The molecule has 7 nitrogen and oxygen atoms in total. The molecule has 210 valence electrons. The first kappa shape index (κ1) is 27.8. The Morgan fingerprint density at radius 2 is 1.49 bits per heavy atom. The molecule has 0 aliphatic heterocycles. The molecule has 0 atom stereocenters. The molecule has 0 radical (unpaired) electrons. The lowest BCUT2D eigenvalue weighted by Crippen LogP contribution is -2.32. The molecular weight excluding hydrogens is 518 g/mol. The molecule has 41 heavy (non-hydrogen) atoms. The first-order valence-corrected chi connectivity index (χ1v) is 13.7. The van der Waals surface area contributed by atoms with Crippen LogP contribution in [0.3, 0.4) is 0 Å². The fraction of sp³-hybridized carbons (Fsp3) is 0.235. The number of carboxylic acids is 1. The molecule has 0 spiro atoms. The van der Waals surface area contributed by atoms with Gasteiger partial charge in [-0.25, -0.2) is 4.79 Å². The standard InChI is InChI=1S/C34H33NO6/c1-39-32-20-26(40-19-9-16-33(36)37)18-17-25(32)22-35(21-24-10-3-2-4-11-24)34(38)41-23-31-29-14-7-5-12-27(29)28-13-6-8-15-30(28)31/h2-8,10-15,17-18,20,31H,9,16,19,21-23H2,1H3,(H,36,37). The van der Waals surface area contributed by atoms with Crippen molar-refractivity contribution >= 4 is 12.1 Å². The third kappa shape index (κ3) is 6.69. The van der Waals surface area contributed by atoms with E-state index in [0.717, 1.165) is 22.3 Å². The zero-order chi connectivity index (χ0) is 28.6. The molecular formula is C34H33NO6. The fourth-order valence-electron chi connectivity index (χ4n) is 5.24. The van der Waals surface area contributed by atoms with Crippen LogP contribution in [0.2, 0.25) is 0 Å². The van der Waals surface area contributed by atoms with Gasteiger partial charge in [0.05, 0.1) is 20.3 Å². The predicted octanol–water partition coefficient (Wildman–Crippen LogP) is 6.89. The summed E-state index contributed by atoms with van der Waals surface area (Å²) in [5.74, 6) is 0.266. The fourth-order valence-corrected chi connectivity index (χ4v) is 5.24. The Labute approximate surface area is 239 Å². The number of hydrogen-bond donors (Lipinski definition) is 1. The summed E-state index contributed by atoms with van der Waals surface area (Å²) in [5.41, 5.74) is 6.47. The van der Waals surface area contributed by atoms with E-state index in [4.69, 9.17) is 19.3 Å². The van der Waals surface area contributed by atoms with Gasteiger partial charge in [0.2, 0.25) is 0 Å². The van der Waals surface area contributed by atoms with Crippen LogP contribution >= 0.6 is 0 Å². The maximum absolute atomic E-state index is 13.6. The number of methoxy groups -OCH3 is 1. The van der Waals surface area contributed by atoms with Gasteiger partial charge in [0.15, 0.2) is 0 Å². The first-order valence-electron chi connectivity index (χ1n) is 13.7. The second kappa shape index (κ2) is 13.0. The van der Waals surface area contributed by atoms with E-state index in [2.05, 4.69) is 24.3 Å². The lowest BCUT2D eigenvalue weighted by atomic mass is 9.98. The number of nitrogens with zero attached hydrogens (tertiary/aromatic N) is 1. The second-order valence-electron chi connectivity index (χ2n) is 9.97. The van der Waals surface area contributed by atoms with Crippen molar-refractivity contribution < 1.29 is 28.9 Å². The van der Waals surface area contributed by atoms with Crippen molar-refractivity contribution in [1.82, 2.24) is 4.90 Å². The summed E-state index contributed by atoms with van der Waals surface area (Å²) in [5, 5.41) is 8.83. The molecule has 0 aromatic heterocycles. The van der Waals surface area contributed by atoms with Crippen LogP contribution in [0.1, 0.15) is 41.0 Å². The minimum absolute atomic E-state index is 0.0305. The van der Waals surface area contributed by atoms with Crippen molar-refractivity contribution in [2.75, 3.05) is 20.3 Å². The summed E-state index contributed by atoms with van der Waals surface area (Å²) < 4.78 is 17.3. The minimum Gasteiger partial charge on any atom is -0.496 e. The molecule has 0 saturated carbocycles. The Balaban J connectivity index is 1.32. The summed E-state index contributed by atoms with van der Waals surface area (Å²) in [7, 11) is 1.57. The van der Waals surface area contributed by atoms with E-state index < -0.39 is 12.1 Å². The lowest BCUT2D eigenvalue weighted by molar-refractivity contribution is -0.137. The van der Waals surface area contributed by atoms with Gasteiger partial charge in [0.1, 0.15) is 18.1 Å². The van der Waals surface area contributed by atoms with Gasteiger partial charge in [-0.15, -0.1) is 0 Å². The molecule has 4 aromatic carbocycles. The van der Waals surface area contributed by atoms with Gasteiger partial charge in [-0.2, -0.15) is 0 Å². The third-order valence-corrected chi connectivity index (χ3v) is 7.23. The molecule has 0 saturated heterocycles. The van der Waals surface area contributed by atoms with Crippen LogP contribution in [0.25, 0.3) is 11.1 Å². The normalized spacial score (nSPS) is 11.8. The number of rotatable bonds is 12. The number of hydrogen-bond acceptors (Lipinski definition) is 5. The third-order valence-electron chi connectivity index (χ3n) is 7.23. The van der Waals surface area contributed by atoms with E-state index >= 15 is 0 Å². The van der Waals surface area contributed by atoms with E-state index in [0.29, 0.717) is 24.5 Å². The molecule has 7 heteroatoms. The molecule has 0 unspecified atom stereocenters. The number of ether oxygens (including phenoxy) is 3. The smallest absolute Gasteiger partial charge is 0.410 e. The van der Waals surface area contributed by atoms with Crippen LogP contribution in [0, 0.1) is 0 Å². The van der Waals surface area contributed by atoms with E-state index in [9.17, 15) is 9.59 Å². The highest BCUT2D eigenvalue weighted by Crippen LogP contribution is 2.44. The molecule has 1 aliphatic carbocycles. The predicted molar refractivity (Wildman–Crippen MR) is 156 cm³/mol. The van der Waals surface area contributed by atoms with Gasteiger partial charge in [0.25, 0.3) is 0 Å². The molecule has 1 aliphatic rings. The van der Waals surface area contributed by atoms with Crippen molar-refractivity contribution in [3.8, 4) is 22.6 Å². The summed E-state index contributed by atoms with van der Waals surface area (Å²) in [6, 6.07) is 31.8. The Hall–Kier alpha value is -4.78. The van der Waals surface area contributed by atoms with Gasteiger partial charge in [-0.05, 0) is 46.4 Å². The Morgan fingerprint density at radius 3 is 2.15 bits per heavy atom. The van der Waals surface area contributed by atoms with Gasteiger partial charge < -0.3 is 19.3 Å². The first-order chi connectivity index (χ1) is 20.0.